The van der Waals surface area contributed by atoms with Crippen molar-refractivity contribution < 1.29 is 23.5 Å². The molecule has 3 rings (SSSR count). The smallest absolute Gasteiger partial charge is 0.337 e. The minimum atomic E-state index is -0.610. The number of hydrogen-bond acceptors (Lipinski definition) is 5. The molecule has 28 heavy (non-hydrogen) atoms. The van der Waals surface area contributed by atoms with Crippen molar-refractivity contribution in [3.05, 3.63) is 83.7 Å². The van der Waals surface area contributed by atoms with Crippen LogP contribution in [0.25, 0.3) is 5.69 Å². The van der Waals surface area contributed by atoms with Crippen LogP contribution in [0.2, 0.25) is 0 Å². The predicted molar refractivity (Wildman–Crippen MR) is 96.2 cm³/mol. The Hall–Kier alpha value is -4.01. The van der Waals surface area contributed by atoms with Gasteiger partial charge < -0.3 is 4.74 Å². The lowest BCUT2D eigenvalue weighted by Crippen LogP contribution is -2.42. The number of nitrogens with zero attached hydrogens (tertiary/aromatic N) is 2. The first-order valence-corrected chi connectivity index (χ1v) is 8.07. The summed E-state index contributed by atoms with van der Waals surface area (Å²) >= 11 is 0. The summed E-state index contributed by atoms with van der Waals surface area (Å²) in [4.78, 5) is 39.8. The molecule has 2 N–H and O–H groups in total. The highest BCUT2D eigenvalue weighted by atomic mass is 19.1. The fourth-order valence-corrected chi connectivity index (χ4v) is 2.40. The quantitative estimate of drug-likeness (QED) is 0.530. The van der Waals surface area contributed by atoms with Gasteiger partial charge in [0.15, 0.2) is 0 Å². The molecule has 0 unspecified atom stereocenters. The highest BCUT2D eigenvalue weighted by Gasteiger charge is 2.15. The standard InChI is InChI=1S/C19H15FN4O4/c1-28-19(27)13-4-2-12(3-5-13)17(25)22-23-18(26)16-10-21-11-24(16)15-8-6-14(20)7-9-15/h2-11H,1H3,(H,22,25)(H,23,26). The van der Waals surface area contributed by atoms with Crippen LogP contribution in [-0.2, 0) is 4.74 Å². The number of hydrazine groups is 1. The highest BCUT2D eigenvalue weighted by Crippen LogP contribution is 2.12. The summed E-state index contributed by atoms with van der Waals surface area (Å²) in [5.74, 6) is -2.10. The fraction of sp³-hybridized carbons (Fsp3) is 0.0526. The van der Waals surface area contributed by atoms with Gasteiger partial charge in [-0.1, -0.05) is 0 Å². The molecule has 3 aromatic rings. The number of esters is 1. The number of carbonyl (C=O) groups excluding carboxylic acids is 3. The van der Waals surface area contributed by atoms with Gasteiger partial charge in [-0.15, -0.1) is 0 Å². The maximum atomic E-state index is 13.1. The van der Waals surface area contributed by atoms with Gasteiger partial charge in [-0.3, -0.25) is 25.0 Å². The lowest BCUT2D eigenvalue weighted by atomic mass is 10.1. The second-order valence-corrected chi connectivity index (χ2v) is 5.60. The topological polar surface area (TPSA) is 102 Å². The van der Waals surface area contributed by atoms with Gasteiger partial charge in [0.1, 0.15) is 11.5 Å². The van der Waals surface area contributed by atoms with Gasteiger partial charge in [0, 0.05) is 11.3 Å². The van der Waals surface area contributed by atoms with E-state index < -0.39 is 23.6 Å². The first-order chi connectivity index (χ1) is 13.5. The van der Waals surface area contributed by atoms with Crippen LogP contribution in [0.5, 0.6) is 0 Å². The Morgan fingerprint density at radius 3 is 2.18 bits per heavy atom. The van der Waals surface area contributed by atoms with Gasteiger partial charge in [0.25, 0.3) is 11.8 Å². The molecular formula is C19H15FN4O4. The Labute approximate surface area is 158 Å². The molecule has 0 saturated carbocycles. The third-order valence-corrected chi connectivity index (χ3v) is 3.83. The van der Waals surface area contributed by atoms with Crippen LogP contribution in [-0.4, -0.2) is 34.4 Å². The molecule has 1 aromatic heterocycles. The first-order valence-electron chi connectivity index (χ1n) is 8.07. The minimum Gasteiger partial charge on any atom is -0.465 e. The zero-order valence-electron chi connectivity index (χ0n) is 14.7. The van der Waals surface area contributed by atoms with Gasteiger partial charge >= 0.3 is 5.97 Å². The molecule has 0 bridgehead atoms. The van der Waals surface area contributed by atoms with Gasteiger partial charge in [-0.05, 0) is 48.5 Å². The minimum absolute atomic E-state index is 0.146. The van der Waals surface area contributed by atoms with Crippen molar-refractivity contribution >= 4 is 17.8 Å². The van der Waals surface area contributed by atoms with E-state index in [0.717, 1.165) is 0 Å². The SMILES string of the molecule is COC(=O)c1ccc(C(=O)NNC(=O)c2cncn2-c2ccc(F)cc2)cc1. The molecule has 1 heterocycles. The van der Waals surface area contributed by atoms with Crippen molar-refractivity contribution in [2.24, 2.45) is 0 Å². The third kappa shape index (κ3) is 4.04. The number of carbonyl (C=O) groups is 3. The molecule has 9 heteroatoms. The second-order valence-electron chi connectivity index (χ2n) is 5.60. The number of nitrogens with one attached hydrogen (secondary N) is 2. The summed E-state index contributed by atoms with van der Waals surface area (Å²) in [6.45, 7) is 0. The average Bonchev–Trinajstić information content (AvgIpc) is 3.21. The Kier molecular flexibility index (Phi) is 5.45. The summed E-state index contributed by atoms with van der Waals surface area (Å²) in [7, 11) is 1.26. The van der Waals surface area contributed by atoms with Crippen molar-refractivity contribution in [2.75, 3.05) is 7.11 Å². The van der Waals surface area contributed by atoms with E-state index in [-0.39, 0.29) is 11.3 Å². The molecule has 8 nitrogen and oxygen atoms in total. The number of methoxy groups -OCH3 is 1. The van der Waals surface area contributed by atoms with Crippen LogP contribution < -0.4 is 10.9 Å². The maximum absolute atomic E-state index is 13.1. The van der Waals surface area contributed by atoms with E-state index in [1.165, 1.54) is 72.7 Å². The lowest BCUT2D eigenvalue weighted by molar-refractivity contribution is 0.0600. The molecule has 0 saturated heterocycles. The summed E-state index contributed by atoms with van der Waals surface area (Å²) < 4.78 is 19.1. The number of rotatable bonds is 4. The van der Waals surface area contributed by atoms with Crippen molar-refractivity contribution in [3.8, 4) is 5.69 Å². The van der Waals surface area contributed by atoms with E-state index in [9.17, 15) is 18.8 Å². The monoisotopic (exact) mass is 382 g/mol. The Morgan fingerprint density at radius 1 is 0.929 bits per heavy atom. The molecule has 0 fully saturated rings. The number of amides is 2. The zero-order valence-corrected chi connectivity index (χ0v) is 14.7. The molecule has 0 aliphatic rings. The number of aromatic nitrogens is 2. The van der Waals surface area contributed by atoms with E-state index in [0.29, 0.717) is 11.3 Å². The Bertz CT molecular complexity index is 1010. The maximum Gasteiger partial charge on any atom is 0.337 e. The number of ether oxygens (including phenoxy) is 1. The zero-order chi connectivity index (χ0) is 20.1. The molecule has 0 spiro atoms. The van der Waals surface area contributed by atoms with Crippen LogP contribution in [0.15, 0.2) is 61.1 Å². The number of benzene rings is 2. The molecule has 2 aromatic carbocycles. The number of imidazole rings is 1. The van der Waals surface area contributed by atoms with Gasteiger partial charge in [0.05, 0.1) is 25.2 Å². The van der Waals surface area contributed by atoms with Crippen molar-refractivity contribution in [2.45, 2.75) is 0 Å². The fourth-order valence-electron chi connectivity index (χ4n) is 2.40. The third-order valence-electron chi connectivity index (χ3n) is 3.83. The van der Waals surface area contributed by atoms with E-state index >= 15 is 0 Å². The van der Waals surface area contributed by atoms with Crippen LogP contribution in [0.1, 0.15) is 31.2 Å². The summed E-state index contributed by atoms with van der Waals surface area (Å²) in [5.41, 5.74) is 5.79. The van der Waals surface area contributed by atoms with Gasteiger partial charge in [-0.2, -0.15) is 0 Å². The van der Waals surface area contributed by atoms with E-state index in [2.05, 4.69) is 20.6 Å². The van der Waals surface area contributed by atoms with Gasteiger partial charge in [-0.25, -0.2) is 14.2 Å². The van der Waals surface area contributed by atoms with Crippen LogP contribution in [0.4, 0.5) is 4.39 Å². The molecule has 0 aliphatic carbocycles. The Morgan fingerprint density at radius 2 is 1.54 bits per heavy atom. The largest absolute Gasteiger partial charge is 0.465 e. The number of hydrogen-bond donors (Lipinski definition) is 2. The van der Waals surface area contributed by atoms with Crippen LogP contribution in [0.3, 0.4) is 0 Å². The molecule has 0 aliphatic heterocycles. The summed E-state index contributed by atoms with van der Waals surface area (Å²) in [6, 6.07) is 11.2. The van der Waals surface area contributed by atoms with Crippen LogP contribution >= 0.6 is 0 Å². The molecule has 0 atom stereocenters. The molecular weight excluding hydrogens is 367 g/mol. The van der Waals surface area contributed by atoms with E-state index in [1.807, 2.05) is 0 Å². The normalized spacial score (nSPS) is 10.2. The Balaban J connectivity index is 1.66. The molecule has 2 amide bonds. The molecule has 0 radical (unpaired) electrons. The van der Waals surface area contributed by atoms with Crippen molar-refractivity contribution in [1.29, 1.82) is 0 Å². The average molecular weight is 382 g/mol. The van der Waals surface area contributed by atoms with E-state index in [1.54, 1.807) is 0 Å². The second kappa shape index (κ2) is 8.12. The highest BCUT2D eigenvalue weighted by molar-refractivity contribution is 5.99. The predicted octanol–water partition coefficient (Wildman–Crippen LogP) is 1.87. The molecule has 142 valence electrons. The summed E-state index contributed by atoms with van der Waals surface area (Å²) in [5, 5.41) is 0. The lowest BCUT2D eigenvalue weighted by Gasteiger charge is -2.10. The van der Waals surface area contributed by atoms with Crippen molar-refractivity contribution in [3.63, 3.8) is 0 Å². The summed E-state index contributed by atoms with van der Waals surface area (Å²) in [6.07, 6.45) is 2.71. The van der Waals surface area contributed by atoms with E-state index in [4.69, 9.17) is 0 Å². The van der Waals surface area contributed by atoms with Crippen LogP contribution in [0, 0.1) is 5.82 Å². The van der Waals surface area contributed by atoms with Crippen molar-refractivity contribution in [1.82, 2.24) is 20.4 Å². The van der Waals surface area contributed by atoms with Gasteiger partial charge in [0.2, 0.25) is 0 Å². The first kappa shape index (κ1) is 18.8. The number of halogens is 1.